The average Bonchev–Trinajstić information content (AvgIpc) is 3.43. The summed E-state index contributed by atoms with van der Waals surface area (Å²) in [5.41, 5.74) is 2.21. The van der Waals surface area contributed by atoms with Crippen molar-refractivity contribution in [2.24, 2.45) is 0 Å². The van der Waals surface area contributed by atoms with E-state index in [2.05, 4.69) is 5.32 Å². The van der Waals surface area contributed by atoms with E-state index in [0.29, 0.717) is 42.3 Å². The van der Waals surface area contributed by atoms with Crippen LogP contribution in [0.1, 0.15) is 30.9 Å². The summed E-state index contributed by atoms with van der Waals surface area (Å²) in [6.45, 7) is 2.84. The van der Waals surface area contributed by atoms with Gasteiger partial charge in [0.25, 0.3) is 0 Å². The summed E-state index contributed by atoms with van der Waals surface area (Å²) >= 11 is 6.17. The molecule has 1 fully saturated rings. The van der Waals surface area contributed by atoms with Crippen molar-refractivity contribution in [1.82, 2.24) is 9.62 Å². The second-order valence-corrected chi connectivity index (χ2v) is 10.5. The zero-order chi connectivity index (χ0) is 22.9. The van der Waals surface area contributed by atoms with Crippen LogP contribution < -0.4 is 10.2 Å². The highest BCUT2D eigenvalue weighted by Gasteiger charge is 2.38. The zero-order valence-electron chi connectivity index (χ0n) is 17.9. The molecular formula is C23H26ClN3O4S. The lowest BCUT2D eigenvalue weighted by Gasteiger charge is -2.23. The topological polar surface area (TPSA) is 86.8 Å². The van der Waals surface area contributed by atoms with Crippen molar-refractivity contribution in [1.29, 1.82) is 0 Å². The number of nitrogens with one attached hydrogen (secondary N) is 1. The number of hydrogen-bond donors (Lipinski definition) is 1. The van der Waals surface area contributed by atoms with Gasteiger partial charge >= 0.3 is 0 Å². The first-order chi connectivity index (χ1) is 15.3. The largest absolute Gasteiger partial charge is 0.354 e. The van der Waals surface area contributed by atoms with Crippen LogP contribution in [0.25, 0.3) is 0 Å². The van der Waals surface area contributed by atoms with Crippen molar-refractivity contribution in [2.45, 2.75) is 43.5 Å². The number of amides is 2. The molecule has 0 unspecified atom stereocenters. The molecule has 9 heteroatoms. The summed E-state index contributed by atoms with van der Waals surface area (Å²) in [4.78, 5) is 26.9. The third-order valence-corrected chi connectivity index (χ3v) is 8.29. The number of anilines is 1. The fourth-order valence-electron chi connectivity index (χ4n) is 4.40. The summed E-state index contributed by atoms with van der Waals surface area (Å²) in [5.74, 6) is -0.530. The zero-order valence-corrected chi connectivity index (χ0v) is 19.5. The minimum atomic E-state index is -3.57. The van der Waals surface area contributed by atoms with E-state index in [1.165, 1.54) is 22.2 Å². The van der Waals surface area contributed by atoms with Crippen molar-refractivity contribution in [3.8, 4) is 0 Å². The summed E-state index contributed by atoms with van der Waals surface area (Å²) in [5, 5.41) is 3.54. The Morgan fingerprint density at radius 1 is 1.12 bits per heavy atom. The Balaban J connectivity index is 1.50. The summed E-state index contributed by atoms with van der Waals surface area (Å²) in [7, 11) is -3.57. The van der Waals surface area contributed by atoms with Gasteiger partial charge in [-0.05, 0) is 54.7 Å². The summed E-state index contributed by atoms with van der Waals surface area (Å²) in [6.07, 6.45) is 2.57. The predicted molar refractivity (Wildman–Crippen MR) is 123 cm³/mol. The first-order valence-electron chi connectivity index (χ1n) is 10.7. The maximum Gasteiger partial charge on any atom is 0.243 e. The highest BCUT2D eigenvalue weighted by Crippen LogP contribution is 2.35. The standard InChI is InChI=1S/C23H26ClN3O4S/c1-16(28)27-21-9-8-19(32(30,31)26-12-4-5-13-26)14-18(21)15-22(27)23(29)25-11-10-17-6-2-3-7-20(17)24/h2-3,6-9,14,22H,4-5,10-13,15H2,1H3,(H,25,29)/t22-/m0/s1. The Labute approximate surface area is 193 Å². The Bertz CT molecular complexity index is 1150. The van der Waals surface area contributed by atoms with E-state index < -0.39 is 16.1 Å². The second-order valence-electron chi connectivity index (χ2n) is 8.14. The lowest BCUT2D eigenvalue weighted by Crippen LogP contribution is -2.47. The molecule has 0 saturated carbocycles. The summed E-state index contributed by atoms with van der Waals surface area (Å²) in [6, 6.07) is 11.5. The molecule has 2 amide bonds. The highest BCUT2D eigenvalue weighted by molar-refractivity contribution is 7.89. The highest BCUT2D eigenvalue weighted by atomic mass is 35.5. The van der Waals surface area contributed by atoms with Crippen LogP contribution in [-0.4, -0.2) is 50.2 Å². The quantitative estimate of drug-likeness (QED) is 0.696. The van der Waals surface area contributed by atoms with Gasteiger partial charge < -0.3 is 5.32 Å². The molecule has 2 heterocycles. The van der Waals surface area contributed by atoms with Crippen LogP contribution in [0.2, 0.25) is 5.02 Å². The van der Waals surface area contributed by atoms with E-state index in [9.17, 15) is 18.0 Å². The maximum absolute atomic E-state index is 12.9. The molecule has 0 bridgehead atoms. The van der Waals surface area contributed by atoms with Gasteiger partial charge in [0.05, 0.1) is 4.90 Å². The number of sulfonamides is 1. The first-order valence-corrected chi connectivity index (χ1v) is 12.5. The molecule has 32 heavy (non-hydrogen) atoms. The van der Waals surface area contributed by atoms with Crippen LogP contribution >= 0.6 is 11.6 Å². The van der Waals surface area contributed by atoms with Gasteiger partial charge in [0, 0.05) is 43.7 Å². The normalized spacial score (nSPS) is 18.6. The fourth-order valence-corrected chi connectivity index (χ4v) is 6.20. The molecule has 2 aromatic rings. The molecule has 4 rings (SSSR count). The molecule has 2 aliphatic rings. The molecule has 1 atom stereocenters. The van der Waals surface area contributed by atoms with Crippen molar-refractivity contribution < 1.29 is 18.0 Å². The number of benzene rings is 2. The molecule has 0 spiro atoms. The number of nitrogens with zero attached hydrogens (tertiary/aromatic N) is 2. The second kappa shape index (κ2) is 9.21. The minimum Gasteiger partial charge on any atom is -0.354 e. The van der Waals surface area contributed by atoms with Crippen LogP contribution in [0.4, 0.5) is 5.69 Å². The SMILES string of the molecule is CC(=O)N1c2ccc(S(=O)(=O)N3CCCC3)cc2C[C@H]1C(=O)NCCc1ccccc1Cl. The van der Waals surface area contributed by atoms with Crippen LogP contribution in [-0.2, 0) is 32.5 Å². The van der Waals surface area contributed by atoms with Crippen LogP contribution in [0, 0.1) is 0 Å². The molecule has 2 aromatic carbocycles. The van der Waals surface area contributed by atoms with Gasteiger partial charge in [0.15, 0.2) is 0 Å². The molecule has 7 nitrogen and oxygen atoms in total. The molecule has 170 valence electrons. The van der Waals surface area contributed by atoms with Crippen molar-refractivity contribution in [3.63, 3.8) is 0 Å². The summed E-state index contributed by atoms with van der Waals surface area (Å²) < 4.78 is 27.3. The van der Waals surface area contributed by atoms with E-state index in [4.69, 9.17) is 11.6 Å². The van der Waals surface area contributed by atoms with Gasteiger partial charge in [0.2, 0.25) is 21.8 Å². The van der Waals surface area contributed by atoms with E-state index in [1.807, 2.05) is 18.2 Å². The van der Waals surface area contributed by atoms with Gasteiger partial charge in [-0.25, -0.2) is 8.42 Å². The van der Waals surface area contributed by atoms with Crippen molar-refractivity contribution in [2.75, 3.05) is 24.5 Å². The van der Waals surface area contributed by atoms with Gasteiger partial charge in [-0.15, -0.1) is 0 Å². The molecule has 2 aliphatic heterocycles. The Morgan fingerprint density at radius 3 is 2.53 bits per heavy atom. The number of carbonyl (C=O) groups excluding carboxylic acids is 2. The minimum absolute atomic E-state index is 0.210. The fraction of sp³-hybridized carbons (Fsp3) is 0.391. The molecule has 0 radical (unpaired) electrons. The van der Waals surface area contributed by atoms with E-state index >= 15 is 0 Å². The van der Waals surface area contributed by atoms with Crippen molar-refractivity contribution >= 4 is 39.1 Å². The number of hydrogen-bond acceptors (Lipinski definition) is 4. The van der Waals surface area contributed by atoms with Gasteiger partial charge in [-0.1, -0.05) is 29.8 Å². The van der Waals surface area contributed by atoms with Gasteiger partial charge in [-0.2, -0.15) is 4.31 Å². The molecule has 0 aromatic heterocycles. The van der Waals surface area contributed by atoms with Gasteiger partial charge in [-0.3, -0.25) is 14.5 Å². The van der Waals surface area contributed by atoms with Crippen molar-refractivity contribution in [3.05, 3.63) is 58.6 Å². The van der Waals surface area contributed by atoms with Crippen LogP contribution in [0.5, 0.6) is 0 Å². The Morgan fingerprint density at radius 2 is 1.84 bits per heavy atom. The number of rotatable bonds is 6. The predicted octanol–water partition coefficient (Wildman–Crippen LogP) is 2.76. The van der Waals surface area contributed by atoms with Gasteiger partial charge in [0.1, 0.15) is 6.04 Å². The van der Waals surface area contributed by atoms with E-state index in [-0.39, 0.29) is 23.1 Å². The lowest BCUT2D eigenvalue weighted by atomic mass is 10.1. The first kappa shape index (κ1) is 22.8. The molecule has 0 aliphatic carbocycles. The molecular weight excluding hydrogens is 450 g/mol. The number of halogens is 1. The monoisotopic (exact) mass is 475 g/mol. The lowest BCUT2D eigenvalue weighted by molar-refractivity contribution is -0.125. The van der Waals surface area contributed by atoms with E-state index in [1.54, 1.807) is 18.2 Å². The number of carbonyl (C=O) groups is 2. The third kappa shape index (κ3) is 4.40. The Kier molecular flexibility index (Phi) is 6.55. The Hall–Kier alpha value is -2.42. The number of fused-ring (bicyclic) bond motifs is 1. The van der Waals surface area contributed by atoms with E-state index in [0.717, 1.165) is 18.4 Å². The average molecular weight is 476 g/mol. The molecule has 1 N–H and O–H groups in total. The van der Waals surface area contributed by atoms with Crippen LogP contribution in [0.15, 0.2) is 47.4 Å². The molecule has 1 saturated heterocycles. The third-order valence-electron chi connectivity index (χ3n) is 6.03. The maximum atomic E-state index is 12.9. The van der Waals surface area contributed by atoms with Crippen LogP contribution in [0.3, 0.4) is 0 Å². The smallest absolute Gasteiger partial charge is 0.243 e.